The van der Waals surface area contributed by atoms with E-state index in [9.17, 15) is 5.11 Å². The molecule has 1 heterocycles. The molecule has 1 aliphatic rings. The monoisotopic (exact) mass is 234 g/mol. The molecule has 2 rings (SSSR count). The van der Waals surface area contributed by atoms with Crippen molar-refractivity contribution in [1.82, 2.24) is 10.3 Å². The molecule has 1 aromatic rings. The second kappa shape index (κ2) is 5.50. The SMILES string of the molecule is Cc1ccc(O)c(CNC2CCCC(C)C2)n1. The van der Waals surface area contributed by atoms with Crippen molar-refractivity contribution in [3.63, 3.8) is 0 Å². The van der Waals surface area contributed by atoms with Crippen molar-refractivity contribution < 1.29 is 5.11 Å². The van der Waals surface area contributed by atoms with Crippen molar-refractivity contribution in [3.8, 4) is 5.75 Å². The molecule has 2 N–H and O–H groups in total. The van der Waals surface area contributed by atoms with Crippen LogP contribution in [-0.4, -0.2) is 16.1 Å². The Hall–Kier alpha value is -1.09. The van der Waals surface area contributed by atoms with E-state index in [4.69, 9.17) is 0 Å². The molecule has 94 valence electrons. The van der Waals surface area contributed by atoms with Crippen LogP contribution in [0.5, 0.6) is 5.75 Å². The molecule has 0 radical (unpaired) electrons. The third-order valence-corrected chi connectivity index (χ3v) is 3.58. The number of nitrogens with one attached hydrogen (secondary N) is 1. The Morgan fingerprint density at radius 2 is 2.24 bits per heavy atom. The number of hydrogen-bond donors (Lipinski definition) is 2. The van der Waals surface area contributed by atoms with Crippen LogP contribution in [0.15, 0.2) is 12.1 Å². The summed E-state index contributed by atoms with van der Waals surface area (Å²) in [6.45, 7) is 4.94. The third kappa shape index (κ3) is 3.43. The number of aromatic nitrogens is 1. The molecule has 0 bridgehead atoms. The number of rotatable bonds is 3. The van der Waals surface area contributed by atoms with Gasteiger partial charge in [0.05, 0.1) is 5.69 Å². The first kappa shape index (κ1) is 12.4. The topological polar surface area (TPSA) is 45.1 Å². The minimum atomic E-state index is 0.298. The Morgan fingerprint density at radius 3 is 3.00 bits per heavy atom. The number of pyridine rings is 1. The Bertz CT molecular complexity index is 378. The third-order valence-electron chi connectivity index (χ3n) is 3.58. The summed E-state index contributed by atoms with van der Waals surface area (Å²) in [6, 6.07) is 4.14. The number of aromatic hydroxyl groups is 1. The summed E-state index contributed by atoms with van der Waals surface area (Å²) in [5.41, 5.74) is 1.72. The van der Waals surface area contributed by atoms with Crippen LogP contribution in [-0.2, 0) is 6.54 Å². The van der Waals surface area contributed by atoms with Crippen molar-refractivity contribution in [1.29, 1.82) is 0 Å². The summed E-state index contributed by atoms with van der Waals surface area (Å²) in [5.74, 6) is 1.12. The van der Waals surface area contributed by atoms with Crippen molar-refractivity contribution in [2.45, 2.75) is 52.1 Å². The maximum atomic E-state index is 9.71. The van der Waals surface area contributed by atoms with Gasteiger partial charge < -0.3 is 10.4 Å². The van der Waals surface area contributed by atoms with Gasteiger partial charge in [0, 0.05) is 18.3 Å². The second-order valence-electron chi connectivity index (χ2n) is 5.27. The molecule has 2 unspecified atom stereocenters. The Morgan fingerprint density at radius 1 is 1.41 bits per heavy atom. The molecule has 0 aromatic carbocycles. The van der Waals surface area contributed by atoms with Gasteiger partial charge >= 0.3 is 0 Å². The molecule has 0 aliphatic heterocycles. The van der Waals surface area contributed by atoms with Gasteiger partial charge in [0.1, 0.15) is 5.75 Å². The maximum absolute atomic E-state index is 9.71. The van der Waals surface area contributed by atoms with Gasteiger partial charge in [0.25, 0.3) is 0 Å². The molecule has 0 saturated heterocycles. The molecule has 1 aliphatic carbocycles. The fourth-order valence-electron chi connectivity index (χ4n) is 2.59. The Kier molecular flexibility index (Phi) is 4.00. The van der Waals surface area contributed by atoms with Gasteiger partial charge in [-0.3, -0.25) is 4.98 Å². The van der Waals surface area contributed by atoms with Gasteiger partial charge in [-0.1, -0.05) is 19.8 Å². The van der Waals surface area contributed by atoms with Crippen LogP contribution in [0.2, 0.25) is 0 Å². The van der Waals surface area contributed by atoms with E-state index in [0.717, 1.165) is 17.3 Å². The van der Waals surface area contributed by atoms with Crippen molar-refractivity contribution in [3.05, 3.63) is 23.5 Å². The van der Waals surface area contributed by atoms with E-state index < -0.39 is 0 Å². The van der Waals surface area contributed by atoms with Gasteiger partial charge in [-0.2, -0.15) is 0 Å². The van der Waals surface area contributed by atoms with E-state index in [2.05, 4.69) is 17.2 Å². The summed E-state index contributed by atoms with van der Waals surface area (Å²) >= 11 is 0. The molecular weight excluding hydrogens is 212 g/mol. The van der Waals surface area contributed by atoms with Gasteiger partial charge in [-0.25, -0.2) is 0 Å². The second-order valence-corrected chi connectivity index (χ2v) is 5.27. The number of aryl methyl sites for hydroxylation is 1. The molecule has 3 heteroatoms. The summed E-state index contributed by atoms with van der Waals surface area (Å²) in [7, 11) is 0. The number of hydrogen-bond acceptors (Lipinski definition) is 3. The lowest BCUT2D eigenvalue weighted by molar-refractivity contribution is 0.298. The van der Waals surface area contributed by atoms with Gasteiger partial charge in [-0.15, -0.1) is 0 Å². The fraction of sp³-hybridized carbons (Fsp3) is 0.643. The minimum Gasteiger partial charge on any atom is -0.506 e. The standard InChI is InChI=1S/C14H22N2O/c1-10-4-3-5-12(8-10)15-9-13-14(17)7-6-11(2)16-13/h6-7,10,12,15,17H,3-5,8-9H2,1-2H3. The van der Waals surface area contributed by atoms with E-state index in [-0.39, 0.29) is 0 Å². The molecule has 1 aromatic heterocycles. The van der Waals surface area contributed by atoms with Crippen LogP contribution in [0, 0.1) is 12.8 Å². The number of nitrogens with zero attached hydrogens (tertiary/aromatic N) is 1. The van der Waals surface area contributed by atoms with E-state index in [1.54, 1.807) is 6.07 Å². The first-order valence-electron chi connectivity index (χ1n) is 6.54. The molecular formula is C14H22N2O. The maximum Gasteiger partial charge on any atom is 0.138 e. The van der Waals surface area contributed by atoms with Crippen molar-refractivity contribution >= 4 is 0 Å². The van der Waals surface area contributed by atoms with Crippen LogP contribution in [0.3, 0.4) is 0 Å². The zero-order chi connectivity index (χ0) is 12.3. The summed E-state index contributed by atoms with van der Waals surface area (Å²) in [4.78, 5) is 4.36. The predicted octanol–water partition coefficient (Wildman–Crippen LogP) is 2.76. The van der Waals surface area contributed by atoms with Gasteiger partial charge in [-0.05, 0) is 37.8 Å². The highest BCUT2D eigenvalue weighted by Crippen LogP contribution is 2.24. The first-order chi connectivity index (χ1) is 8.15. The lowest BCUT2D eigenvalue weighted by Crippen LogP contribution is -2.33. The average Bonchev–Trinajstić information content (AvgIpc) is 2.30. The van der Waals surface area contributed by atoms with Gasteiger partial charge in [0.2, 0.25) is 0 Å². The highest BCUT2D eigenvalue weighted by Gasteiger charge is 2.18. The molecule has 0 spiro atoms. The summed E-state index contributed by atoms with van der Waals surface area (Å²) in [6.07, 6.45) is 5.15. The highest BCUT2D eigenvalue weighted by atomic mass is 16.3. The van der Waals surface area contributed by atoms with Crippen LogP contribution in [0.4, 0.5) is 0 Å². The molecule has 0 amide bonds. The smallest absolute Gasteiger partial charge is 0.138 e. The molecule has 1 saturated carbocycles. The van der Waals surface area contributed by atoms with Gasteiger partial charge in [0.15, 0.2) is 0 Å². The quantitative estimate of drug-likeness (QED) is 0.845. The van der Waals surface area contributed by atoms with E-state index in [0.29, 0.717) is 18.3 Å². The Balaban J connectivity index is 1.90. The Labute approximate surface area is 103 Å². The molecule has 2 atom stereocenters. The first-order valence-corrected chi connectivity index (χ1v) is 6.54. The lowest BCUT2D eigenvalue weighted by Gasteiger charge is -2.27. The highest BCUT2D eigenvalue weighted by molar-refractivity contribution is 5.27. The van der Waals surface area contributed by atoms with E-state index >= 15 is 0 Å². The van der Waals surface area contributed by atoms with E-state index in [1.807, 2.05) is 13.0 Å². The lowest BCUT2D eigenvalue weighted by atomic mass is 9.87. The van der Waals surface area contributed by atoms with E-state index in [1.165, 1.54) is 25.7 Å². The minimum absolute atomic E-state index is 0.298. The summed E-state index contributed by atoms with van der Waals surface area (Å²) < 4.78 is 0. The molecule has 1 fully saturated rings. The fourth-order valence-corrected chi connectivity index (χ4v) is 2.59. The molecule has 3 nitrogen and oxygen atoms in total. The van der Waals surface area contributed by atoms with Crippen molar-refractivity contribution in [2.24, 2.45) is 5.92 Å². The summed E-state index contributed by atoms with van der Waals surface area (Å²) in [5, 5.41) is 13.2. The molecule has 17 heavy (non-hydrogen) atoms. The van der Waals surface area contributed by atoms with Crippen LogP contribution in [0.25, 0.3) is 0 Å². The zero-order valence-electron chi connectivity index (χ0n) is 10.7. The van der Waals surface area contributed by atoms with Crippen LogP contribution >= 0.6 is 0 Å². The average molecular weight is 234 g/mol. The zero-order valence-corrected chi connectivity index (χ0v) is 10.7. The normalized spacial score (nSPS) is 24.8. The predicted molar refractivity (Wildman–Crippen MR) is 68.9 cm³/mol. The van der Waals surface area contributed by atoms with Crippen LogP contribution in [0.1, 0.15) is 44.0 Å². The van der Waals surface area contributed by atoms with Crippen molar-refractivity contribution in [2.75, 3.05) is 0 Å². The van der Waals surface area contributed by atoms with Crippen LogP contribution < -0.4 is 5.32 Å². The largest absolute Gasteiger partial charge is 0.506 e.